The van der Waals surface area contributed by atoms with Crippen molar-refractivity contribution in [2.75, 3.05) is 18.3 Å². The molecule has 0 bridgehead atoms. The Hall–Kier alpha value is -2.22. The maximum Gasteiger partial charge on any atom is 0.344 e. The maximum absolute atomic E-state index is 13.8. The molecule has 0 aliphatic heterocycles. The number of esters is 1. The van der Waals surface area contributed by atoms with Crippen molar-refractivity contribution in [1.82, 2.24) is 0 Å². The van der Waals surface area contributed by atoms with Crippen molar-refractivity contribution in [2.45, 2.75) is 13.8 Å². The summed E-state index contributed by atoms with van der Waals surface area (Å²) in [5.74, 6) is -4.89. The molecule has 20 heavy (non-hydrogen) atoms. The van der Waals surface area contributed by atoms with Gasteiger partial charge in [-0.2, -0.15) is 5.06 Å². The van der Waals surface area contributed by atoms with Crippen LogP contribution in [0.25, 0.3) is 0 Å². The van der Waals surface area contributed by atoms with Crippen molar-refractivity contribution >= 4 is 18.1 Å². The summed E-state index contributed by atoms with van der Waals surface area (Å²) in [6.45, 7) is 2.90. The van der Waals surface area contributed by atoms with E-state index in [1.54, 1.807) is 0 Å². The van der Waals surface area contributed by atoms with Crippen molar-refractivity contribution < 1.29 is 33.1 Å². The monoisotopic (exact) mass is 289 g/mol. The Labute approximate surface area is 113 Å². The van der Waals surface area contributed by atoms with Crippen LogP contribution in [0.15, 0.2) is 6.07 Å². The zero-order chi connectivity index (χ0) is 15.3. The minimum absolute atomic E-state index is 0.0153. The van der Waals surface area contributed by atoms with Gasteiger partial charge in [0.25, 0.3) is 0 Å². The van der Waals surface area contributed by atoms with Gasteiger partial charge in [0.2, 0.25) is 6.41 Å². The van der Waals surface area contributed by atoms with Gasteiger partial charge in [0.05, 0.1) is 13.2 Å². The number of carbonyl (C=O) groups is 2. The predicted molar refractivity (Wildman–Crippen MR) is 64.1 cm³/mol. The van der Waals surface area contributed by atoms with Crippen LogP contribution in [0.5, 0.6) is 5.75 Å². The molecule has 1 aromatic carbocycles. The lowest BCUT2D eigenvalue weighted by molar-refractivity contribution is -0.113. The van der Waals surface area contributed by atoms with Crippen molar-refractivity contribution in [3.63, 3.8) is 0 Å². The predicted octanol–water partition coefficient (Wildman–Crippen LogP) is 1.76. The summed E-state index contributed by atoms with van der Waals surface area (Å²) in [6.07, 6.45) is 0.0853. The van der Waals surface area contributed by atoms with Crippen molar-refractivity contribution in [3.8, 4) is 5.75 Å². The van der Waals surface area contributed by atoms with E-state index in [4.69, 9.17) is 4.84 Å². The number of amides is 1. The van der Waals surface area contributed by atoms with E-state index in [1.165, 1.54) is 13.8 Å². The molecule has 0 aliphatic carbocycles. The summed E-state index contributed by atoms with van der Waals surface area (Å²) in [6, 6.07) is 0.336. The van der Waals surface area contributed by atoms with Gasteiger partial charge in [-0.15, -0.1) is 0 Å². The number of rotatable bonds is 6. The molecule has 0 aromatic heterocycles. The van der Waals surface area contributed by atoms with Crippen molar-refractivity contribution in [3.05, 3.63) is 23.3 Å². The topological polar surface area (TPSA) is 76.1 Å². The van der Waals surface area contributed by atoms with Gasteiger partial charge < -0.3 is 9.84 Å². The summed E-state index contributed by atoms with van der Waals surface area (Å²) >= 11 is 0. The SMILES string of the molecule is CCOC(=O)c1c(O)c(F)cc(F)c1N(C=O)OCC. The first-order chi connectivity index (χ1) is 9.47. The zero-order valence-electron chi connectivity index (χ0n) is 10.9. The largest absolute Gasteiger partial charge is 0.504 e. The Morgan fingerprint density at radius 3 is 2.50 bits per heavy atom. The van der Waals surface area contributed by atoms with Gasteiger partial charge in [-0.1, -0.05) is 0 Å². The molecule has 0 saturated carbocycles. The van der Waals surface area contributed by atoms with Crippen LogP contribution >= 0.6 is 0 Å². The molecule has 0 spiro atoms. The van der Waals surface area contributed by atoms with Gasteiger partial charge in [-0.3, -0.25) is 9.63 Å². The zero-order valence-corrected chi connectivity index (χ0v) is 10.9. The van der Waals surface area contributed by atoms with Crippen molar-refractivity contribution in [1.29, 1.82) is 0 Å². The third-order valence-corrected chi connectivity index (χ3v) is 2.24. The molecule has 0 heterocycles. The number of hydrogen-bond acceptors (Lipinski definition) is 5. The number of halogens is 2. The number of aromatic hydroxyl groups is 1. The summed E-state index contributed by atoms with van der Waals surface area (Å²) in [7, 11) is 0. The van der Waals surface area contributed by atoms with Gasteiger partial charge in [-0.25, -0.2) is 13.6 Å². The number of nitrogens with zero attached hydrogens (tertiary/aromatic N) is 1. The molecule has 0 saturated heterocycles. The molecule has 110 valence electrons. The third kappa shape index (κ3) is 3.02. The van der Waals surface area contributed by atoms with Gasteiger partial charge in [0, 0.05) is 6.07 Å². The Balaban J connectivity index is 3.51. The summed E-state index contributed by atoms with van der Waals surface area (Å²) in [5.41, 5.74) is -1.52. The van der Waals surface area contributed by atoms with Gasteiger partial charge in [0.15, 0.2) is 17.4 Å². The number of carbonyl (C=O) groups excluding carboxylic acids is 2. The average Bonchev–Trinajstić information content (AvgIpc) is 2.40. The van der Waals surface area contributed by atoms with Crippen LogP contribution in [0.3, 0.4) is 0 Å². The molecule has 0 aliphatic rings. The first kappa shape index (κ1) is 15.8. The number of benzene rings is 1. The molecule has 0 radical (unpaired) electrons. The molecule has 1 amide bonds. The summed E-state index contributed by atoms with van der Waals surface area (Å²) < 4.78 is 31.7. The Kier molecular flexibility index (Phi) is 5.39. The van der Waals surface area contributed by atoms with E-state index in [-0.39, 0.29) is 19.6 Å². The van der Waals surface area contributed by atoms with Crippen LogP contribution in [0.1, 0.15) is 24.2 Å². The number of hydroxylamine groups is 1. The van der Waals surface area contributed by atoms with Crippen LogP contribution in [0.2, 0.25) is 0 Å². The molecule has 6 nitrogen and oxygen atoms in total. The summed E-state index contributed by atoms with van der Waals surface area (Å²) in [4.78, 5) is 27.4. The van der Waals surface area contributed by atoms with Crippen molar-refractivity contribution in [2.24, 2.45) is 0 Å². The first-order valence-electron chi connectivity index (χ1n) is 5.73. The van der Waals surface area contributed by atoms with Gasteiger partial charge in [-0.05, 0) is 13.8 Å². The first-order valence-corrected chi connectivity index (χ1v) is 5.73. The van der Waals surface area contributed by atoms with E-state index >= 15 is 0 Å². The van der Waals surface area contributed by atoms with Gasteiger partial charge >= 0.3 is 5.97 Å². The highest BCUT2D eigenvalue weighted by Crippen LogP contribution is 2.34. The average molecular weight is 289 g/mol. The number of phenols is 1. The lowest BCUT2D eigenvalue weighted by Crippen LogP contribution is -2.26. The van der Waals surface area contributed by atoms with Crippen LogP contribution < -0.4 is 5.06 Å². The smallest absolute Gasteiger partial charge is 0.344 e. The Bertz CT molecular complexity index is 521. The lowest BCUT2D eigenvalue weighted by Gasteiger charge is -2.20. The van der Waals surface area contributed by atoms with Gasteiger partial charge in [0.1, 0.15) is 11.3 Å². The Morgan fingerprint density at radius 2 is 2.00 bits per heavy atom. The molecule has 1 N–H and O–H groups in total. The second-order valence-electron chi connectivity index (χ2n) is 3.48. The third-order valence-electron chi connectivity index (χ3n) is 2.24. The highest BCUT2D eigenvalue weighted by Gasteiger charge is 2.29. The normalized spacial score (nSPS) is 10.2. The number of hydrogen-bond donors (Lipinski definition) is 1. The van der Waals surface area contributed by atoms with Crippen LogP contribution in [-0.4, -0.2) is 30.7 Å². The van der Waals surface area contributed by atoms with E-state index in [9.17, 15) is 23.5 Å². The Morgan fingerprint density at radius 1 is 1.35 bits per heavy atom. The van der Waals surface area contributed by atoms with E-state index in [1.807, 2.05) is 0 Å². The number of anilines is 1. The minimum Gasteiger partial charge on any atom is -0.504 e. The quantitative estimate of drug-likeness (QED) is 0.490. The van der Waals surface area contributed by atoms with E-state index in [0.717, 1.165) is 0 Å². The minimum atomic E-state index is -1.35. The van der Waals surface area contributed by atoms with E-state index < -0.39 is 34.6 Å². The highest BCUT2D eigenvalue weighted by atomic mass is 19.1. The second kappa shape index (κ2) is 6.80. The molecular weight excluding hydrogens is 276 g/mol. The maximum atomic E-state index is 13.8. The second-order valence-corrected chi connectivity index (χ2v) is 3.48. The number of phenolic OH excluding ortho intramolecular Hbond substituents is 1. The van der Waals surface area contributed by atoms with Crippen LogP contribution in [0, 0.1) is 11.6 Å². The van der Waals surface area contributed by atoms with E-state index in [2.05, 4.69) is 4.74 Å². The number of ether oxygens (including phenoxy) is 1. The summed E-state index contributed by atoms with van der Waals surface area (Å²) in [5, 5.41) is 9.96. The molecule has 1 aromatic rings. The molecule has 0 fully saturated rings. The molecular formula is C12H13F2NO5. The highest BCUT2D eigenvalue weighted by molar-refractivity contribution is 6.00. The fourth-order valence-electron chi connectivity index (χ4n) is 1.50. The fraction of sp³-hybridized carbons (Fsp3) is 0.333. The molecule has 1 rings (SSSR count). The molecule has 8 heteroatoms. The van der Waals surface area contributed by atoms with Crippen LogP contribution in [0.4, 0.5) is 14.5 Å². The standard InChI is InChI=1S/C12H13F2NO5/c1-3-19-12(18)9-10(15(6-16)20-4-2)7(13)5-8(14)11(9)17/h5-6,17H,3-4H2,1-2H3. The van der Waals surface area contributed by atoms with E-state index in [0.29, 0.717) is 11.1 Å². The fourth-order valence-corrected chi connectivity index (χ4v) is 1.50. The molecule has 0 unspecified atom stereocenters. The van der Waals surface area contributed by atoms with Crippen LogP contribution in [-0.2, 0) is 14.4 Å². The molecule has 0 atom stereocenters. The lowest BCUT2D eigenvalue weighted by atomic mass is 10.1.